The second-order valence-electron chi connectivity index (χ2n) is 4.65. The zero-order valence-electron chi connectivity index (χ0n) is 11.5. The van der Waals surface area contributed by atoms with Crippen LogP contribution in [0.2, 0.25) is 10.0 Å². The van der Waals surface area contributed by atoms with Crippen LogP contribution in [0.4, 0.5) is 5.69 Å². The van der Waals surface area contributed by atoms with E-state index in [2.05, 4.69) is 10.3 Å². The first-order valence-corrected chi connectivity index (χ1v) is 7.95. The quantitative estimate of drug-likeness (QED) is 0.823. The Morgan fingerprint density at radius 2 is 2.00 bits per heavy atom. The first-order valence-electron chi connectivity index (χ1n) is 6.38. The predicted octanol–water partition coefficient (Wildman–Crippen LogP) is 4.22. The molecule has 1 aliphatic heterocycles. The molecule has 0 saturated carbocycles. The lowest BCUT2D eigenvalue weighted by Crippen LogP contribution is -2.19. The Morgan fingerprint density at radius 1 is 1.27 bits per heavy atom. The van der Waals surface area contributed by atoms with Gasteiger partial charge >= 0.3 is 0 Å². The molecule has 3 rings (SSSR count). The summed E-state index contributed by atoms with van der Waals surface area (Å²) >= 11 is 13.2. The molecular weight excluding hydrogens is 341 g/mol. The van der Waals surface area contributed by atoms with Gasteiger partial charge in [-0.05, 0) is 48.2 Å². The lowest BCUT2D eigenvalue weighted by atomic mass is 10.3. The van der Waals surface area contributed by atoms with Gasteiger partial charge in [0.25, 0.3) is 5.91 Å². The van der Waals surface area contributed by atoms with Crippen LogP contribution in [0.5, 0.6) is 0 Å². The smallest absolute Gasteiger partial charge is 0.264 e. The molecule has 0 radical (unpaired) electrons. The first-order chi connectivity index (χ1) is 10.5. The summed E-state index contributed by atoms with van der Waals surface area (Å²) < 4.78 is 1.94. The standard InChI is InChI=1S/C15H11Cl2N3OS/c1-20-4-2-3-12(20)8-13-14(21)19-15(22-13)18-11-6-9(16)5-10(17)7-11/h2-8H,1H3,(H,18,19,21). The average molecular weight is 352 g/mol. The second kappa shape index (κ2) is 6.20. The molecule has 1 saturated heterocycles. The fourth-order valence-corrected chi connectivity index (χ4v) is 3.30. The largest absolute Gasteiger partial charge is 0.351 e. The maximum Gasteiger partial charge on any atom is 0.264 e. The highest BCUT2D eigenvalue weighted by molar-refractivity contribution is 8.18. The minimum absolute atomic E-state index is 0.168. The van der Waals surface area contributed by atoms with Gasteiger partial charge in [-0.3, -0.25) is 4.79 Å². The van der Waals surface area contributed by atoms with Crippen molar-refractivity contribution in [1.29, 1.82) is 0 Å². The molecular formula is C15H11Cl2N3OS. The molecule has 112 valence electrons. The van der Waals surface area contributed by atoms with Crippen LogP contribution < -0.4 is 5.32 Å². The monoisotopic (exact) mass is 351 g/mol. The zero-order valence-corrected chi connectivity index (χ0v) is 13.8. The van der Waals surface area contributed by atoms with Crippen molar-refractivity contribution in [1.82, 2.24) is 9.88 Å². The lowest BCUT2D eigenvalue weighted by molar-refractivity contribution is -0.115. The van der Waals surface area contributed by atoms with E-state index >= 15 is 0 Å². The number of amides is 1. The molecule has 22 heavy (non-hydrogen) atoms. The Balaban J connectivity index is 1.87. The number of benzene rings is 1. The number of nitrogens with zero attached hydrogens (tertiary/aromatic N) is 2. The van der Waals surface area contributed by atoms with Crippen molar-refractivity contribution in [3.8, 4) is 0 Å². The number of carbonyl (C=O) groups excluding carboxylic acids is 1. The van der Waals surface area contributed by atoms with Crippen molar-refractivity contribution in [2.75, 3.05) is 0 Å². The molecule has 0 atom stereocenters. The summed E-state index contributed by atoms with van der Waals surface area (Å²) in [5.41, 5.74) is 1.55. The van der Waals surface area contributed by atoms with Crippen LogP contribution >= 0.6 is 35.0 Å². The van der Waals surface area contributed by atoms with Crippen molar-refractivity contribution in [3.05, 3.63) is 57.2 Å². The van der Waals surface area contributed by atoms with E-state index in [4.69, 9.17) is 23.2 Å². The number of aromatic nitrogens is 1. The average Bonchev–Trinajstić information content (AvgIpc) is 2.96. The molecule has 7 heteroatoms. The molecule has 2 aromatic rings. The van der Waals surface area contributed by atoms with Crippen LogP contribution in [-0.2, 0) is 11.8 Å². The summed E-state index contributed by atoms with van der Waals surface area (Å²) in [5.74, 6) is -0.168. The van der Waals surface area contributed by atoms with Crippen molar-refractivity contribution < 1.29 is 4.79 Å². The van der Waals surface area contributed by atoms with E-state index in [1.807, 2.05) is 36.0 Å². The van der Waals surface area contributed by atoms with Gasteiger partial charge in [-0.25, -0.2) is 4.99 Å². The van der Waals surface area contributed by atoms with Gasteiger partial charge in [0.05, 0.1) is 10.6 Å². The number of amidine groups is 1. The number of aryl methyl sites for hydroxylation is 1. The molecule has 0 bridgehead atoms. The summed E-state index contributed by atoms with van der Waals surface area (Å²) in [6.45, 7) is 0. The van der Waals surface area contributed by atoms with Gasteiger partial charge < -0.3 is 9.88 Å². The highest BCUT2D eigenvalue weighted by atomic mass is 35.5. The molecule has 0 unspecified atom stereocenters. The third-order valence-corrected chi connectivity index (χ3v) is 4.34. The van der Waals surface area contributed by atoms with Crippen molar-refractivity contribution in [2.24, 2.45) is 12.0 Å². The number of rotatable bonds is 2. The molecule has 4 nitrogen and oxygen atoms in total. The molecule has 1 fully saturated rings. The van der Waals surface area contributed by atoms with Gasteiger partial charge in [0, 0.05) is 29.0 Å². The molecule has 0 spiro atoms. The molecule has 1 aromatic heterocycles. The van der Waals surface area contributed by atoms with Crippen molar-refractivity contribution in [2.45, 2.75) is 0 Å². The summed E-state index contributed by atoms with van der Waals surface area (Å²) in [5, 5.41) is 4.24. The highest BCUT2D eigenvalue weighted by Crippen LogP contribution is 2.30. The maximum atomic E-state index is 12.0. The summed E-state index contributed by atoms with van der Waals surface area (Å²) in [6, 6.07) is 8.87. The molecule has 1 aromatic carbocycles. The van der Waals surface area contributed by atoms with Crippen LogP contribution in [0.25, 0.3) is 6.08 Å². The van der Waals surface area contributed by atoms with E-state index in [1.54, 1.807) is 18.2 Å². The van der Waals surface area contributed by atoms with Crippen molar-refractivity contribution >= 4 is 57.8 Å². The molecule has 2 heterocycles. The minimum Gasteiger partial charge on any atom is -0.351 e. The van der Waals surface area contributed by atoms with Gasteiger partial charge in [0.15, 0.2) is 5.17 Å². The van der Waals surface area contributed by atoms with Crippen LogP contribution in [0.15, 0.2) is 46.4 Å². The third-order valence-electron chi connectivity index (χ3n) is 2.99. The number of halogens is 2. The zero-order chi connectivity index (χ0) is 15.7. The number of thioether (sulfide) groups is 1. The number of hydrogen-bond acceptors (Lipinski definition) is 3. The number of hydrogen-bond donors (Lipinski definition) is 1. The Morgan fingerprint density at radius 3 is 2.64 bits per heavy atom. The highest BCUT2D eigenvalue weighted by Gasteiger charge is 2.24. The third kappa shape index (κ3) is 3.38. The van der Waals surface area contributed by atoms with Gasteiger partial charge in [-0.15, -0.1) is 0 Å². The topological polar surface area (TPSA) is 46.4 Å². The fraction of sp³-hybridized carbons (Fsp3) is 0.0667. The molecule has 1 aliphatic rings. The molecule has 1 amide bonds. The number of nitrogens with one attached hydrogen (secondary N) is 1. The van der Waals surface area contributed by atoms with Gasteiger partial charge in [0.1, 0.15) is 0 Å². The first kappa shape index (κ1) is 15.2. The van der Waals surface area contributed by atoms with Gasteiger partial charge in [-0.1, -0.05) is 23.2 Å². The minimum atomic E-state index is -0.168. The van der Waals surface area contributed by atoms with Gasteiger partial charge in [0.2, 0.25) is 0 Å². The van der Waals surface area contributed by atoms with E-state index in [0.29, 0.717) is 25.8 Å². The van der Waals surface area contributed by atoms with Crippen LogP contribution in [-0.4, -0.2) is 15.6 Å². The lowest BCUT2D eigenvalue weighted by Gasteiger charge is -1.98. The van der Waals surface area contributed by atoms with Gasteiger partial charge in [-0.2, -0.15) is 0 Å². The van der Waals surface area contributed by atoms with E-state index in [0.717, 1.165) is 5.69 Å². The Labute approximate surface area is 141 Å². The maximum absolute atomic E-state index is 12.0. The van der Waals surface area contributed by atoms with E-state index in [1.165, 1.54) is 11.8 Å². The molecule has 0 aliphatic carbocycles. The predicted molar refractivity (Wildman–Crippen MR) is 92.7 cm³/mol. The Kier molecular flexibility index (Phi) is 4.29. The SMILES string of the molecule is Cn1cccc1C=C1SC(=Nc2cc(Cl)cc(Cl)c2)NC1=O. The van der Waals surface area contributed by atoms with E-state index in [9.17, 15) is 4.79 Å². The number of carbonyl (C=O) groups is 1. The number of aliphatic imine (C=N–C) groups is 1. The van der Waals surface area contributed by atoms with Crippen LogP contribution in [0, 0.1) is 0 Å². The van der Waals surface area contributed by atoms with E-state index in [-0.39, 0.29) is 5.91 Å². The molecule has 1 N–H and O–H groups in total. The Bertz CT molecular complexity index is 791. The van der Waals surface area contributed by atoms with Crippen LogP contribution in [0.3, 0.4) is 0 Å². The summed E-state index contributed by atoms with van der Waals surface area (Å²) in [6.07, 6.45) is 3.75. The second-order valence-corrected chi connectivity index (χ2v) is 6.56. The van der Waals surface area contributed by atoms with Crippen molar-refractivity contribution in [3.63, 3.8) is 0 Å². The fourth-order valence-electron chi connectivity index (χ4n) is 1.96. The summed E-state index contributed by atoms with van der Waals surface area (Å²) in [7, 11) is 1.92. The van der Waals surface area contributed by atoms with Crippen LogP contribution in [0.1, 0.15) is 5.69 Å². The summed E-state index contributed by atoms with van der Waals surface area (Å²) in [4.78, 5) is 17.0. The Hall–Kier alpha value is -1.69. The normalized spacial score (nSPS) is 18.2. The van der Waals surface area contributed by atoms with E-state index < -0.39 is 0 Å².